The van der Waals surface area contributed by atoms with Crippen LogP contribution in [0.5, 0.6) is 0 Å². The highest BCUT2D eigenvalue weighted by molar-refractivity contribution is 7.89. The molecule has 6 heteroatoms. The quantitative estimate of drug-likeness (QED) is 0.812. The Kier molecular flexibility index (Phi) is 4.85. The van der Waals surface area contributed by atoms with E-state index in [-0.39, 0.29) is 10.3 Å². The number of benzene rings is 1. The van der Waals surface area contributed by atoms with Crippen molar-refractivity contribution in [3.05, 3.63) is 22.7 Å². The van der Waals surface area contributed by atoms with Crippen LogP contribution in [0.3, 0.4) is 0 Å². The Hall–Kier alpha value is -0.780. The molecule has 0 aromatic heterocycles. The summed E-state index contributed by atoms with van der Waals surface area (Å²) >= 11 is 6.03. The Morgan fingerprint density at radius 1 is 1.33 bits per heavy atom. The monoisotopic (exact) mass is 330 g/mol. The van der Waals surface area contributed by atoms with Gasteiger partial charge in [-0.3, -0.25) is 0 Å². The largest absolute Gasteiger partial charge is 0.398 e. The molecule has 1 fully saturated rings. The van der Waals surface area contributed by atoms with Gasteiger partial charge < -0.3 is 5.73 Å². The summed E-state index contributed by atoms with van der Waals surface area (Å²) in [5.41, 5.74) is 7.02. The third-order valence-electron chi connectivity index (χ3n) is 4.72. The molecule has 1 aromatic carbocycles. The summed E-state index contributed by atoms with van der Waals surface area (Å²) in [6.07, 6.45) is 5.52. The number of halogens is 1. The molecule has 3 N–H and O–H groups in total. The van der Waals surface area contributed by atoms with Gasteiger partial charge in [-0.25, -0.2) is 13.1 Å². The molecule has 0 amide bonds. The topological polar surface area (TPSA) is 72.2 Å². The number of nitrogen functional groups attached to an aromatic ring is 1. The predicted molar refractivity (Wildman–Crippen MR) is 87.0 cm³/mol. The molecular weight excluding hydrogens is 308 g/mol. The van der Waals surface area contributed by atoms with Crippen molar-refractivity contribution in [1.82, 2.24) is 4.72 Å². The highest BCUT2D eigenvalue weighted by atomic mass is 35.5. The summed E-state index contributed by atoms with van der Waals surface area (Å²) < 4.78 is 27.6. The predicted octanol–water partition coefficient (Wildman–Crippen LogP) is 3.48. The zero-order valence-corrected chi connectivity index (χ0v) is 14.1. The van der Waals surface area contributed by atoms with Crippen LogP contribution < -0.4 is 10.5 Å². The Morgan fingerprint density at radius 3 is 2.48 bits per heavy atom. The van der Waals surface area contributed by atoms with Gasteiger partial charge in [0.15, 0.2) is 0 Å². The maximum absolute atomic E-state index is 12.4. The standard InChI is InChI=1S/C15H23ClN2O2S/c1-3-15(6-4-5-7-15)10-18-21(19,20)12-8-13(16)11(2)14(17)9-12/h8-9,18H,3-7,10,17H2,1-2H3. The smallest absolute Gasteiger partial charge is 0.240 e. The van der Waals surface area contributed by atoms with Crippen molar-refractivity contribution in [2.24, 2.45) is 5.41 Å². The second-order valence-corrected chi connectivity index (χ2v) is 8.18. The molecule has 0 radical (unpaired) electrons. The Bertz CT molecular complexity index is 600. The van der Waals surface area contributed by atoms with Crippen molar-refractivity contribution in [3.63, 3.8) is 0 Å². The van der Waals surface area contributed by atoms with Gasteiger partial charge in [0.25, 0.3) is 0 Å². The van der Waals surface area contributed by atoms with E-state index in [1.54, 1.807) is 6.92 Å². The molecule has 1 aromatic rings. The number of nitrogens with one attached hydrogen (secondary N) is 1. The zero-order chi connectivity index (χ0) is 15.7. The van der Waals surface area contributed by atoms with Gasteiger partial charge in [0.05, 0.1) is 4.90 Å². The average Bonchev–Trinajstić information content (AvgIpc) is 2.92. The summed E-state index contributed by atoms with van der Waals surface area (Å²) in [4.78, 5) is 0.139. The summed E-state index contributed by atoms with van der Waals surface area (Å²) in [7, 11) is -3.57. The third kappa shape index (κ3) is 3.52. The van der Waals surface area contributed by atoms with Crippen LogP contribution in [-0.4, -0.2) is 15.0 Å². The molecule has 21 heavy (non-hydrogen) atoms. The van der Waals surface area contributed by atoms with Crippen LogP contribution >= 0.6 is 11.6 Å². The maximum atomic E-state index is 12.4. The number of rotatable bonds is 5. The van der Waals surface area contributed by atoms with Crippen molar-refractivity contribution in [2.45, 2.75) is 50.8 Å². The fourth-order valence-corrected chi connectivity index (χ4v) is 4.45. The first-order chi connectivity index (χ1) is 9.80. The van der Waals surface area contributed by atoms with Gasteiger partial charge in [0.2, 0.25) is 10.0 Å². The van der Waals surface area contributed by atoms with Crippen LogP contribution in [0.4, 0.5) is 5.69 Å². The summed E-state index contributed by atoms with van der Waals surface area (Å²) in [6, 6.07) is 2.93. The molecule has 0 unspecified atom stereocenters. The molecule has 1 saturated carbocycles. The molecule has 1 aliphatic carbocycles. The second-order valence-electron chi connectivity index (χ2n) is 6.00. The summed E-state index contributed by atoms with van der Waals surface area (Å²) in [5.74, 6) is 0. The SMILES string of the molecule is CCC1(CNS(=O)(=O)c2cc(N)c(C)c(Cl)c2)CCCC1. The lowest BCUT2D eigenvalue weighted by atomic mass is 9.84. The van der Waals surface area contributed by atoms with Gasteiger partial charge >= 0.3 is 0 Å². The number of nitrogens with two attached hydrogens (primary N) is 1. The van der Waals surface area contributed by atoms with Gasteiger partial charge in [-0.2, -0.15) is 0 Å². The van der Waals surface area contributed by atoms with Crippen molar-refractivity contribution < 1.29 is 8.42 Å². The van der Waals surface area contributed by atoms with Crippen molar-refractivity contribution >= 4 is 27.3 Å². The number of anilines is 1. The second kappa shape index (κ2) is 6.15. The highest BCUT2D eigenvalue weighted by Gasteiger charge is 2.33. The molecule has 0 saturated heterocycles. The fourth-order valence-electron chi connectivity index (χ4n) is 2.94. The van der Waals surface area contributed by atoms with Crippen LogP contribution in [0.15, 0.2) is 17.0 Å². The average molecular weight is 331 g/mol. The van der Waals surface area contributed by atoms with E-state index in [4.69, 9.17) is 17.3 Å². The first-order valence-electron chi connectivity index (χ1n) is 7.35. The molecule has 0 bridgehead atoms. The third-order valence-corrected chi connectivity index (χ3v) is 6.49. The Morgan fingerprint density at radius 2 is 1.95 bits per heavy atom. The molecule has 0 spiro atoms. The molecular formula is C15H23ClN2O2S. The van der Waals surface area contributed by atoms with Crippen LogP contribution in [-0.2, 0) is 10.0 Å². The van der Waals surface area contributed by atoms with E-state index in [1.807, 2.05) is 0 Å². The first kappa shape index (κ1) is 16.6. The Labute approximate surface area is 132 Å². The molecule has 0 heterocycles. The van der Waals surface area contributed by atoms with Crippen molar-refractivity contribution in [2.75, 3.05) is 12.3 Å². The summed E-state index contributed by atoms with van der Waals surface area (Å²) in [6.45, 7) is 4.38. The van der Waals surface area contributed by atoms with Crippen molar-refractivity contribution in [3.8, 4) is 0 Å². The lowest BCUT2D eigenvalue weighted by Gasteiger charge is -2.27. The van der Waals surface area contributed by atoms with E-state index < -0.39 is 10.0 Å². The fraction of sp³-hybridized carbons (Fsp3) is 0.600. The van der Waals surface area contributed by atoms with E-state index in [0.29, 0.717) is 22.8 Å². The van der Waals surface area contributed by atoms with Crippen molar-refractivity contribution in [1.29, 1.82) is 0 Å². The summed E-state index contributed by atoms with van der Waals surface area (Å²) in [5, 5.41) is 0.376. The minimum Gasteiger partial charge on any atom is -0.398 e. The number of hydrogen-bond donors (Lipinski definition) is 2. The molecule has 0 aliphatic heterocycles. The number of sulfonamides is 1. The molecule has 0 atom stereocenters. The van der Waals surface area contributed by atoms with E-state index >= 15 is 0 Å². The van der Waals surface area contributed by atoms with Gasteiger partial charge in [0.1, 0.15) is 0 Å². The Balaban J connectivity index is 2.19. The van der Waals surface area contributed by atoms with E-state index in [0.717, 1.165) is 19.3 Å². The van der Waals surface area contributed by atoms with E-state index in [9.17, 15) is 8.42 Å². The van der Waals surface area contributed by atoms with Crippen LogP contribution in [0.25, 0.3) is 0 Å². The van der Waals surface area contributed by atoms with Crippen LogP contribution in [0.2, 0.25) is 5.02 Å². The van der Waals surface area contributed by atoms with Gasteiger partial charge in [0, 0.05) is 17.3 Å². The highest BCUT2D eigenvalue weighted by Crippen LogP contribution is 2.40. The minimum absolute atomic E-state index is 0.104. The normalized spacial score (nSPS) is 18.0. The van der Waals surface area contributed by atoms with Crippen LogP contribution in [0, 0.1) is 12.3 Å². The first-order valence-corrected chi connectivity index (χ1v) is 9.21. The molecule has 1 aliphatic rings. The lowest BCUT2D eigenvalue weighted by Crippen LogP contribution is -2.35. The van der Waals surface area contributed by atoms with E-state index in [2.05, 4.69) is 11.6 Å². The zero-order valence-electron chi connectivity index (χ0n) is 12.6. The van der Waals surface area contributed by atoms with Gasteiger partial charge in [-0.05, 0) is 49.3 Å². The number of hydrogen-bond acceptors (Lipinski definition) is 3. The van der Waals surface area contributed by atoms with Crippen LogP contribution in [0.1, 0.15) is 44.6 Å². The van der Waals surface area contributed by atoms with Gasteiger partial charge in [-0.1, -0.05) is 31.4 Å². The molecule has 2 rings (SSSR count). The molecule has 118 valence electrons. The maximum Gasteiger partial charge on any atom is 0.240 e. The van der Waals surface area contributed by atoms with E-state index in [1.165, 1.54) is 25.0 Å². The lowest BCUT2D eigenvalue weighted by molar-refractivity contribution is 0.285. The minimum atomic E-state index is -3.57. The molecule has 4 nitrogen and oxygen atoms in total. The van der Waals surface area contributed by atoms with Gasteiger partial charge in [-0.15, -0.1) is 0 Å².